The van der Waals surface area contributed by atoms with E-state index in [1.807, 2.05) is 0 Å². The normalized spacial score (nSPS) is 19.7. The van der Waals surface area contributed by atoms with Gasteiger partial charge in [-0.15, -0.1) is 0 Å². The van der Waals surface area contributed by atoms with Gasteiger partial charge in [-0.1, -0.05) is 23.8 Å². The lowest BCUT2D eigenvalue weighted by molar-refractivity contribution is -0.143. The second-order valence-electron chi connectivity index (χ2n) is 7.57. The van der Waals surface area contributed by atoms with Crippen molar-refractivity contribution in [2.24, 2.45) is 0 Å². The van der Waals surface area contributed by atoms with Crippen molar-refractivity contribution in [3.8, 4) is 0 Å². The Labute approximate surface area is 180 Å². The maximum Gasteiger partial charge on any atom is 0.416 e. The first-order valence-electron chi connectivity index (χ1n) is 9.35. The van der Waals surface area contributed by atoms with Crippen LogP contribution in [0.4, 0.5) is 26.3 Å². The van der Waals surface area contributed by atoms with Crippen LogP contribution in [0.15, 0.2) is 59.1 Å². The van der Waals surface area contributed by atoms with Crippen LogP contribution >= 0.6 is 0 Å². The van der Waals surface area contributed by atoms with Crippen LogP contribution < -0.4 is 0 Å². The van der Waals surface area contributed by atoms with Crippen molar-refractivity contribution < 1.29 is 39.9 Å². The van der Waals surface area contributed by atoms with Crippen LogP contribution in [-0.2, 0) is 28.0 Å². The Bertz CT molecular complexity index is 1120. The van der Waals surface area contributed by atoms with Crippen molar-refractivity contribution in [1.82, 2.24) is 4.31 Å². The molecule has 0 radical (unpaired) electrons. The van der Waals surface area contributed by atoms with Gasteiger partial charge in [0.05, 0.1) is 21.7 Å². The molecule has 0 spiro atoms. The highest BCUT2D eigenvalue weighted by Gasteiger charge is 2.45. The van der Waals surface area contributed by atoms with Gasteiger partial charge in [0.2, 0.25) is 0 Å². The van der Waals surface area contributed by atoms with Gasteiger partial charge in [0.15, 0.2) is 0 Å². The molecule has 0 fully saturated rings. The molecule has 4 nitrogen and oxygen atoms in total. The number of likely N-dealkylation sites (N-methyl/N-ethyl adjacent to an activating group) is 1. The number of sulfonamides is 1. The summed E-state index contributed by atoms with van der Waals surface area (Å²) in [5.74, 6) is 0. The first-order valence-corrected chi connectivity index (χ1v) is 10.8. The zero-order chi connectivity index (χ0) is 24.1. The molecular formula is C21H19F6NO3S. The molecule has 0 aliphatic heterocycles. The van der Waals surface area contributed by atoms with E-state index in [1.54, 1.807) is 19.1 Å². The third kappa shape index (κ3) is 4.36. The molecule has 3 rings (SSSR count). The fourth-order valence-corrected chi connectivity index (χ4v) is 4.87. The van der Waals surface area contributed by atoms with Crippen LogP contribution in [0.5, 0.6) is 0 Å². The molecule has 174 valence electrons. The third-order valence-corrected chi connectivity index (χ3v) is 7.14. The summed E-state index contributed by atoms with van der Waals surface area (Å²) in [5, 5.41) is 11.2. The number of hydrogen-bond acceptors (Lipinski definition) is 3. The van der Waals surface area contributed by atoms with Gasteiger partial charge in [-0.25, -0.2) is 8.42 Å². The molecule has 0 aromatic heterocycles. The average Bonchev–Trinajstić information content (AvgIpc) is 3.08. The fourth-order valence-electron chi connectivity index (χ4n) is 3.59. The number of rotatable bonds is 4. The summed E-state index contributed by atoms with van der Waals surface area (Å²) in [6.45, 7) is 1.74. The molecule has 0 unspecified atom stereocenters. The summed E-state index contributed by atoms with van der Waals surface area (Å²) >= 11 is 0. The van der Waals surface area contributed by atoms with Crippen LogP contribution in [0.1, 0.15) is 35.1 Å². The largest absolute Gasteiger partial charge is 0.416 e. The molecule has 0 amide bonds. The molecule has 1 aliphatic carbocycles. The Kier molecular flexibility index (Phi) is 5.88. The number of allylic oxidation sites excluding steroid dienone is 1. The Hall–Kier alpha value is -2.53. The summed E-state index contributed by atoms with van der Waals surface area (Å²) in [5.41, 5.74) is -5.77. The lowest BCUT2D eigenvalue weighted by Crippen LogP contribution is -2.38. The molecule has 11 heteroatoms. The monoisotopic (exact) mass is 479 g/mol. The number of aliphatic hydroxyl groups is 1. The molecule has 0 heterocycles. The zero-order valence-corrected chi connectivity index (χ0v) is 17.7. The lowest BCUT2D eigenvalue weighted by Gasteiger charge is -2.33. The first kappa shape index (κ1) is 24.1. The highest BCUT2D eigenvalue weighted by atomic mass is 32.2. The number of benzene rings is 2. The Balaban J connectivity index is 2.12. The summed E-state index contributed by atoms with van der Waals surface area (Å²) < 4.78 is 106. The van der Waals surface area contributed by atoms with Gasteiger partial charge in [-0.05, 0) is 55.7 Å². The molecule has 32 heavy (non-hydrogen) atoms. The van der Waals surface area contributed by atoms with E-state index >= 15 is 0 Å². The highest BCUT2D eigenvalue weighted by molar-refractivity contribution is 7.89. The number of aryl methyl sites for hydroxylation is 1. The van der Waals surface area contributed by atoms with Crippen LogP contribution in [0.25, 0.3) is 0 Å². The molecule has 0 bridgehead atoms. The van der Waals surface area contributed by atoms with E-state index in [9.17, 15) is 39.9 Å². The van der Waals surface area contributed by atoms with Crippen LogP contribution in [0.3, 0.4) is 0 Å². The number of halogens is 6. The molecule has 2 aromatic carbocycles. The Morgan fingerprint density at radius 1 is 0.938 bits per heavy atom. The van der Waals surface area contributed by atoms with Gasteiger partial charge >= 0.3 is 12.4 Å². The van der Waals surface area contributed by atoms with Gasteiger partial charge < -0.3 is 5.11 Å². The van der Waals surface area contributed by atoms with Crippen molar-refractivity contribution in [2.75, 3.05) is 7.05 Å². The van der Waals surface area contributed by atoms with Crippen LogP contribution in [0.2, 0.25) is 0 Å². The predicted molar refractivity (Wildman–Crippen MR) is 104 cm³/mol. The minimum atomic E-state index is -5.10. The number of hydrogen-bond donors (Lipinski definition) is 1. The molecule has 2 aromatic rings. The Morgan fingerprint density at radius 2 is 1.44 bits per heavy atom. The fraction of sp³-hybridized carbons (Fsp3) is 0.333. The summed E-state index contributed by atoms with van der Waals surface area (Å²) in [6.07, 6.45) is -9.14. The van der Waals surface area contributed by atoms with Gasteiger partial charge in [0, 0.05) is 7.05 Å². The van der Waals surface area contributed by atoms with E-state index in [-0.39, 0.29) is 29.5 Å². The van der Waals surface area contributed by atoms with Crippen LogP contribution in [-0.4, -0.2) is 24.9 Å². The number of nitrogens with zero attached hydrogens (tertiary/aromatic N) is 1. The maximum absolute atomic E-state index is 13.3. The summed E-state index contributed by atoms with van der Waals surface area (Å²) in [6, 6.07) is 6.51. The first-order chi connectivity index (χ1) is 14.6. The molecule has 1 aliphatic rings. The average molecular weight is 479 g/mol. The van der Waals surface area contributed by atoms with Crippen molar-refractivity contribution in [3.05, 3.63) is 76.5 Å². The minimum Gasteiger partial charge on any atom is -0.379 e. The van der Waals surface area contributed by atoms with Crippen molar-refractivity contribution >= 4 is 10.0 Å². The quantitative estimate of drug-likeness (QED) is 0.612. The topological polar surface area (TPSA) is 57.6 Å². The molecule has 1 N–H and O–H groups in total. The van der Waals surface area contributed by atoms with Gasteiger partial charge in [0.25, 0.3) is 10.0 Å². The molecule has 1 atom stereocenters. The van der Waals surface area contributed by atoms with Crippen molar-refractivity contribution in [1.29, 1.82) is 0 Å². The standard InChI is InChI=1S/C21H19F6NO3S/c1-13-5-7-17(8-6-13)32(30,31)28(2)18-4-3-9-19(18,29)14-10-15(20(22,23)24)12-16(11-14)21(25,26)27/h4-8,10-12,29H,3,9H2,1-2H3/t19-/m1/s1. The van der Waals surface area contributed by atoms with E-state index in [2.05, 4.69) is 0 Å². The third-order valence-electron chi connectivity index (χ3n) is 5.35. The highest BCUT2D eigenvalue weighted by Crippen LogP contribution is 2.46. The van der Waals surface area contributed by atoms with Gasteiger partial charge in [-0.2, -0.15) is 26.3 Å². The second-order valence-corrected chi connectivity index (χ2v) is 9.54. The van der Waals surface area contributed by atoms with Crippen molar-refractivity contribution in [3.63, 3.8) is 0 Å². The molecular weight excluding hydrogens is 460 g/mol. The van der Waals surface area contributed by atoms with E-state index < -0.39 is 44.7 Å². The lowest BCUT2D eigenvalue weighted by atomic mass is 9.88. The molecule has 0 saturated heterocycles. The van der Waals surface area contributed by atoms with Gasteiger partial charge in [0.1, 0.15) is 5.60 Å². The number of alkyl halides is 6. The maximum atomic E-state index is 13.3. The second kappa shape index (κ2) is 7.80. The van der Waals surface area contributed by atoms with E-state index in [1.165, 1.54) is 18.2 Å². The smallest absolute Gasteiger partial charge is 0.379 e. The Morgan fingerprint density at radius 3 is 1.91 bits per heavy atom. The summed E-state index contributed by atoms with van der Waals surface area (Å²) in [4.78, 5) is -0.138. The van der Waals surface area contributed by atoms with E-state index in [0.29, 0.717) is 16.4 Å². The summed E-state index contributed by atoms with van der Waals surface area (Å²) in [7, 11) is -3.14. The van der Waals surface area contributed by atoms with Gasteiger partial charge in [-0.3, -0.25) is 4.31 Å². The zero-order valence-electron chi connectivity index (χ0n) is 16.9. The predicted octanol–water partition coefficient (Wildman–Crippen LogP) is 5.22. The molecule has 0 saturated carbocycles. The SMILES string of the molecule is Cc1ccc(S(=O)(=O)N(C)C2=CCC[C@@]2(O)c2cc(C(F)(F)F)cc(C(F)(F)F)c2)cc1. The van der Waals surface area contributed by atoms with E-state index in [0.717, 1.165) is 12.6 Å². The van der Waals surface area contributed by atoms with Crippen molar-refractivity contribution in [2.45, 2.75) is 42.6 Å². The van der Waals surface area contributed by atoms with Crippen LogP contribution in [0, 0.1) is 6.92 Å². The van der Waals surface area contributed by atoms with E-state index in [4.69, 9.17) is 0 Å². The minimum absolute atomic E-state index is 0.0437.